The third kappa shape index (κ3) is 3.97. The molecular formula is C11H15FN2O4S. The van der Waals surface area contributed by atoms with Gasteiger partial charge in [-0.15, -0.1) is 0 Å². The summed E-state index contributed by atoms with van der Waals surface area (Å²) >= 11 is 0. The van der Waals surface area contributed by atoms with E-state index in [4.69, 9.17) is 5.11 Å². The fraction of sp³-hybridized carbons (Fsp3) is 0.455. The summed E-state index contributed by atoms with van der Waals surface area (Å²) in [7, 11) is -4.12. The molecule has 0 aliphatic rings. The van der Waals surface area contributed by atoms with Gasteiger partial charge in [-0.3, -0.25) is 9.78 Å². The van der Waals surface area contributed by atoms with Gasteiger partial charge in [0.05, 0.1) is 6.20 Å². The predicted octanol–water partition coefficient (Wildman–Crippen LogP) is 0.998. The molecule has 6 nitrogen and oxygen atoms in total. The summed E-state index contributed by atoms with van der Waals surface area (Å²) in [6.45, 7) is 3.36. The second-order valence-electron chi connectivity index (χ2n) is 4.16. The topological polar surface area (TPSA) is 96.4 Å². The van der Waals surface area contributed by atoms with Gasteiger partial charge in [0, 0.05) is 6.20 Å². The first-order valence-electron chi connectivity index (χ1n) is 5.63. The normalized spacial score (nSPS) is 14.9. The van der Waals surface area contributed by atoms with Crippen molar-refractivity contribution >= 4 is 16.0 Å². The van der Waals surface area contributed by atoms with E-state index in [1.165, 1.54) is 0 Å². The van der Waals surface area contributed by atoms with E-state index >= 15 is 0 Å². The Morgan fingerprint density at radius 1 is 1.53 bits per heavy atom. The minimum atomic E-state index is -4.12. The summed E-state index contributed by atoms with van der Waals surface area (Å²) in [4.78, 5) is 14.1. The van der Waals surface area contributed by atoms with Gasteiger partial charge in [0.15, 0.2) is 0 Å². The van der Waals surface area contributed by atoms with Gasteiger partial charge in [-0.1, -0.05) is 20.3 Å². The first kappa shape index (κ1) is 15.5. The van der Waals surface area contributed by atoms with Crippen molar-refractivity contribution in [3.8, 4) is 0 Å². The van der Waals surface area contributed by atoms with Crippen LogP contribution in [0.1, 0.15) is 20.3 Å². The van der Waals surface area contributed by atoms with E-state index in [9.17, 15) is 17.6 Å². The number of nitrogens with zero attached hydrogens (tertiary/aromatic N) is 1. The third-order valence-electron chi connectivity index (χ3n) is 2.75. The average Bonchev–Trinajstić information content (AvgIpc) is 2.35. The molecule has 1 heterocycles. The van der Waals surface area contributed by atoms with Crippen LogP contribution in [-0.4, -0.2) is 30.5 Å². The maximum Gasteiger partial charge on any atom is 0.322 e. The highest BCUT2D eigenvalue weighted by molar-refractivity contribution is 7.89. The van der Waals surface area contributed by atoms with Crippen molar-refractivity contribution in [2.45, 2.75) is 31.2 Å². The van der Waals surface area contributed by atoms with Crippen LogP contribution in [0.3, 0.4) is 0 Å². The SMILES string of the molecule is CCC(C)[C@H](NS(=O)(=O)c1cncc(F)c1)C(=O)O. The number of aliphatic carboxylic acids is 1. The Balaban J connectivity index is 3.04. The number of nitrogens with one attached hydrogen (secondary N) is 1. The molecule has 106 valence electrons. The van der Waals surface area contributed by atoms with Crippen molar-refractivity contribution < 1.29 is 22.7 Å². The Morgan fingerprint density at radius 2 is 2.16 bits per heavy atom. The van der Waals surface area contributed by atoms with Gasteiger partial charge in [-0.25, -0.2) is 12.8 Å². The summed E-state index contributed by atoms with van der Waals surface area (Å²) in [6, 6.07) is -0.483. The lowest BCUT2D eigenvalue weighted by molar-refractivity contribution is -0.140. The number of pyridine rings is 1. The van der Waals surface area contributed by atoms with Crippen molar-refractivity contribution in [1.82, 2.24) is 9.71 Å². The van der Waals surface area contributed by atoms with Crippen LogP contribution >= 0.6 is 0 Å². The zero-order chi connectivity index (χ0) is 14.6. The molecule has 0 aliphatic heterocycles. The van der Waals surface area contributed by atoms with E-state index in [1.807, 2.05) is 0 Å². The van der Waals surface area contributed by atoms with Gasteiger partial charge in [-0.05, 0) is 12.0 Å². The maximum atomic E-state index is 12.9. The van der Waals surface area contributed by atoms with Crippen molar-refractivity contribution in [2.75, 3.05) is 0 Å². The Morgan fingerprint density at radius 3 is 2.63 bits per heavy atom. The monoisotopic (exact) mass is 290 g/mol. The van der Waals surface area contributed by atoms with E-state index in [0.717, 1.165) is 18.5 Å². The van der Waals surface area contributed by atoms with Crippen molar-refractivity contribution in [3.05, 3.63) is 24.3 Å². The highest BCUT2D eigenvalue weighted by atomic mass is 32.2. The molecule has 2 atom stereocenters. The van der Waals surface area contributed by atoms with Crippen LogP contribution in [0.15, 0.2) is 23.4 Å². The van der Waals surface area contributed by atoms with Crippen LogP contribution in [0.4, 0.5) is 4.39 Å². The quantitative estimate of drug-likeness (QED) is 0.814. The molecule has 2 N–H and O–H groups in total. The summed E-state index contributed by atoms with van der Waals surface area (Å²) in [6.07, 6.45) is 2.31. The van der Waals surface area contributed by atoms with Gasteiger partial charge >= 0.3 is 5.97 Å². The molecule has 19 heavy (non-hydrogen) atoms. The Bertz CT molecular complexity index is 562. The second-order valence-corrected chi connectivity index (χ2v) is 5.88. The van der Waals surface area contributed by atoms with E-state index in [-0.39, 0.29) is 0 Å². The fourth-order valence-corrected chi connectivity index (χ4v) is 2.69. The average molecular weight is 290 g/mol. The van der Waals surface area contributed by atoms with Gasteiger partial charge in [0.25, 0.3) is 0 Å². The summed E-state index contributed by atoms with van der Waals surface area (Å²) in [5.41, 5.74) is 0. The van der Waals surface area contributed by atoms with Crippen LogP contribution in [0.2, 0.25) is 0 Å². The number of carboxylic acids is 1. The van der Waals surface area contributed by atoms with E-state index in [0.29, 0.717) is 6.42 Å². The molecule has 0 bridgehead atoms. The molecule has 0 fully saturated rings. The molecule has 0 saturated heterocycles. The summed E-state index contributed by atoms with van der Waals surface area (Å²) in [5, 5.41) is 9.02. The lowest BCUT2D eigenvalue weighted by Crippen LogP contribution is -2.44. The molecule has 0 saturated carbocycles. The first-order chi connectivity index (χ1) is 8.77. The van der Waals surface area contributed by atoms with Crippen LogP contribution in [0.25, 0.3) is 0 Å². The standard InChI is InChI=1S/C11H15FN2O4S/c1-3-7(2)10(11(15)16)14-19(17,18)9-4-8(12)5-13-6-9/h4-7,10,14H,3H2,1-2H3,(H,15,16)/t7?,10-/m0/s1. The lowest BCUT2D eigenvalue weighted by Gasteiger charge is -2.19. The maximum absolute atomic E-state index is 12.9. The highest BCUT2D eigenvalue weighted by Crippen LogP contribution is 2.14. The fourth-order valence-electron chi connectivity index (χ4n) is 1.42. The van der Waals surface area contributed by atoms with Gasteiger partial charge in [0.1, 0.15) is 16.8 Å². The van der Waals surface area contributed by atoms with E-state index < -0.39 is 38.7 Å². The lowest BCUT2D eigenvalue weighted by atomic mass is 10.0. The van der Waals surface area contributed by atoms with Gasteiger partial charge in [-0.2, -0.15) is 4.72 Å². The summed E-state index contributed by atoms with van der Waals surface area (Å²) in [5.74, 6) is -2.48. The first-order valence-corrected chi connectivity index (χ1v) is 7.12. The number of carbonyl (C=O) groups is 1. The van der Waals surface area contributed by atoms with E-state index in [2.05, 4.69) is 9.71 Å². The Kier molecular flexibility index (Phi) is 4.96. The zero-order valence-corrected chi connectivity index (χ0v) is 11.3. The number of rotatable bonds is 6. The van der Waals surface area contributed by atoms with E-state index in [1.54, 1.807) is 13.8 Å². The van der Waals surface area contributed by atoms with Crippen molar-refractivity contribution in [1.29, 1.82) is 0 Å². The number of aromatic nitrogens is 1. The molecule has 8 heteroatoms. The Hall–Kier alpha value is -1.54. The molecule has 0 amide bonds. The highest BCUT2D eigenvalue weighted by Gasteiger charge is 2.29. The van der Waals surface area contributed by atoms with Gasteiger partial charge < -0.3 is 5.11 Å². The van der Waals surface area contributed by atoms with Crippen LogP contribution in [-0.2, 0) is 14.8 Å². The molecule has 1 aromatic rings. The molecular weight excluding hydrogens is 275 g/mol. The number of hydrogen-bond donors (Lipinski definition) is 2. The van der Waals surface area contributed by atoms with Crippen LogP contribution in [0.5, 0.6) is 0 Å². The molecule has 0 radical (unpaired) electrons. The van der Waals surface area contributed by atoms with Crippen molar-refractivity contribution in [3.63, 3.8) is 0 Å². The third-order valence-corrected chi connectivity index (χ3v) is 4.16. The van der Waals surface area contributed by atoms with Crippen LogP contribution < -0.4 is 4.72 Å². The zero-order valence-electron chi connectivity index (χ0n) is 10.5. The second kappa shape index (κ2) is 6.07. The molecule has 0 aliphatic carbocycles. The number of hydrogen-bond acceptors (Lipinski definition) is 4. The number of carboxylic acid groups (broad SMARTS) is 1. The number of sulfonamides is 1. The molecule has 1 unspecified atom stereocenters. The van der Waals surface area contributed by atoms with Gasteiger partial charge in [0.2, 0.25) is 10.0 Å². The minimum absolute atomic E-state index is 0.395. The largest absolute Gasteiger partial charge is 0.480 e. The number of halogens is 1. The smallest absolute Gasteiger partial charge is 0.322 e. The molecule has 1 aromatic heterocycles. The summed E-state index contributed by atoms with van der Waals surface area (Å²) < 4.78 is 38.9. The molecule has 0 spiro atoms. The molecule has 1 rings (SSSR count). The van der Waals surface area contributed by atoms with Crippen molar-refractivity contribution in [2.24, 2.45) is 5.92 Å². The predicted molar refractivity (Wildman–Crippen MR) is 65.4 cm³/mol. The Labute approximate surface area is 110 Å². The minimum Gasteiger partial charge on any atom is -0.480 e. The molecule has 0 aromatic carbocycles. The van der Waals surface area contributed by atoms with Crippen LogP contribution in [0, 0.1) is 11.7 Å².